The Kier molecular flexibility index (Phi) is 5.14. The fraction of sp³-hybridized carbons (Fsp3) is 0.462. The molecule has 1 heterocycles. The Balaban J connectivity index is 2.20. The number of aliphatic carboxylic acids is 1. The van der Waals surface area contributed by atoms with Crippen LogP contribution in [0.4, 0.5) is 0 Å². The summed E-state index contributed by atoms with van der Waals surface area (Å²) in [6.45, 7) is 0.327. The largest absolute Gasteiger partial charge is 0.481 e. The van der Waals surface area contributed by atoms with Gasteiger partial charge in [0.15, 0.2) is 0 Å². The maximum absolute atomic E-state index is 12.4. The second-order valence-corrected chi connectivity index (χ2v) is 7.78. The van der Waals surface area contributed by atoms with Gasteiger partial charge in [0.05, 0.1) is 11.7 Å². The van der Waals surface area contributed by atoms with Crippen molar-refractivity contribution in [2.75, 3.05) is 13.1 Å². The van der Waals surface area contributed by atoms with Gasteiger partial charge in [-0.15, -0.1) is 0 Å². The Morgan fingerprint density at radius 1 is 1.33 bits per heavy atom. The number of rotatable bonds is 4. The highest BCUT2D eigenvalue weighted by atomic mass is 35.5. The molecule has 0 radical (unpaired) electrons. The molecule has 1 aromatic rings. The molecule has 0 aliphatic carbocycles. The van der Waals surface area contributed by atoms with Crippen molar-refractivity contribution < 1.29 is 18.3 Å². The van der Waals surface area contributed by atoms with Gasteiger partial charge in [-0.2, -0.15) is 0 Å². The average molecular weight is 352 g/mol. The molecule has 0 amide bonds. The maximum atomic E-state index is 12.4. The number of carboxylic acids is 1. The van der Waals surface area contributed by atoms with E-state index >= 15 is 0 Å². The number of hydrogen-bond donors (Lipinski definition) is 1. The Bertz CT molecular complexity index is 627. The minimum atomic E-state index is -3.65. The van der Waals surface area contributed by atoms with Crippen LogP contribution in [-0.2, 0) is 20.6 Å². The van der Waals surface area contributed by atoms with Gasteiger partial charge in [-0.05, 0) is 25.0 Å². The van der Waals surface area contributed by atoms with Gasteiger partial charge in [0.25, 0.3) is 0 Å². The van der Waals surface area contributed by atoms with E-state index in [4.69, 9.17) is 28.3 Å². The van der Waals surface area contributed by atoms with E-state index in [9.17, 15) is 13.2 Å². The Labute approximate surface area is 133 Å². The minimum Gasteiger partial charge on any atom is -0.481 e. The number of benzene rings is 1. The summed E-state index contributed by atoms with van der Waals surface area (Å²) in [5.74, 6) is -1.95. The summed E-state index contributed by atoms with van der Waals surface area (Å²) in [7, 11) is -3.65. The van der Waals surface area contributed by atoms with Crippen molar-refractivity contribution in [3.8, 4) is 0 Å². The van der Waals surface area contributed by atoms with Crippen molar-refractivity contribution in [1.29, 1.82) is 0 Å². The molecular formula is C13H15Cl2NO4S. The van der Waals surface area contributed by atoms with E-state index < -0.39 is 21.9 Å². The summed E-state index contributed by atoms with van der Waals surface area (Å²) >= 11 is 12.0. The zero-order valence-electron chi connectivity index (χ0n) is 11.1. The Hall–Kier alpha value is -0.820. The molecule has 1 N–H and O–H groups in total. The zero-order chi connectivity index (χ0) is 15.6. The van der Waals surface area contributed by atoms with Crippen LogP contribution in [-0.4, -0.2) is 36.9 Å². The lowest BCUT2D eigenvalue weighted by Crippen LogP contribution is -2.42. The number of nitrogens with zero attached hydrogens (tertiary/aromatic N) is 1. The highest BCUT2D eigenvalue weighted by Gasteiger charge is 2.32. The van der Waals surface area contributed by atoms with E-state index in [1.807, 2.05) is 0 Å². The fourth-order valence-corrected chi connectivity index (χ4v) is 4.70. The first-order valence-corrected chi connectivity index (χ1v) is 8.81. The smallest absolute Gasteiger partial charge is 0.307 e. The number of hydrogen-bond acceptors (Lipinski definition) is 3. The quantitative estimate of drug-likeness (QED) is 0.904. The van der Waals surface area contributed by atoms with Crippen LogP contribution in [0.15, 0.2) is 18.2 Å². The van der Waals surface area contributed by atoms with E-state index in [0.717, 1.165) is 0 Å². The lowest BCUT2D eigenvalue weighted by molar-refractivity contribution is -0.142. The van der Waals surface area contributed by atoms with Gasteiger partial charge >= 0.3 is 5.97 Å². The van der Waals surface area contributed by atoms with Crippen LogP contribution in [0.1, 0.15) is 18.4 Å². The average Bonchev–Trinajstić information content (AvgIpc) is 2.43. The molecule has 1 fully saturated rings. The lowest BCUT2D eigenvalue weighted by Gasteiger charge is -2.30. The lowest BCUT2D eigenvalue weighted by atomic mass is 10.0. The molecule has 21 heavy (non-hydrogen) atoms. The number of carboxylic acid groups (broad SMARTS) is 1. The van der Waals surface area contributed by atoms with E-state index in [2.05, 4.69) is 0 Å². The second-order valence-electron chi connectivity index (χ2n) is 4.99. The van der Waals surface area contributed by atoms with Crippen molar-refractivity contribution in [2.45, 2.75) is 18.6 Å². The molecule has 2 rings (SSSR count). The predicted molar refractivity (Wildman–Crippen MR) is 81.0 cm³/mol. The predicted octanol–water partition coefficient (Wildman–Crippen LogP) is 2.62. The van der Waals surface area contributed by atoms with Crippen molar-refractivity contribution in [3.05, 3.63) is 33.8 Å². The van der Waals surface area contributed by atoms with Crippen LogP contribution in [0.5, 0.6) is 0 Å². The summed E-state index contributed by atoms with van der Waals surface area (Å²) in [5.41, 5.74) is 0.346. The molecule has 1 saturated heterocycles. The minimum absolute atomic E-state index is 0.000260. The molecule has 0 saturated carbocycles. The molecule has 0 aromatic heterocycles. The van der Waals surface area contributed by atoms with Crippen LogP contribution in [0, 0.1) is 5.92 Å². The first kappa shape index (κ1) is 16.5. The molecular weight excluding hydrogens is 337 g/mol. The van der Waals surface area contributed by atoms with Crippen LogP contribution < -0.4 is 0 Å². The topological polar surface area (TPSA) is 74.7 Å². The standard InChI is InChI=1S/C13H15Cl2NO4S/c14-11-4-1-5-12(15)10(11)8-21(19,20)16-6-2-3-9(7-16)13(17)18/h1,4-5,9H,2-3,6-8H2,(H,17,18)/t9-/m1/s1. The van der Waals surface area contributed by atoms with E-state index in [0.29, 0.717) is 24.9 Å². The third-order valence-corrected chi connectivity index (χ3v) is 6.00. The van der Waals surface area contributed by atoms with Crippen LogP contribution in [0.3, 0.4) is 0 Å². The number of piperidine rings is 1. The van der Waals surface area contributed by atoms with Gasteiger partial charge in [-0.3, -0.25) is 4.79 Å². The third kappa shape index (κ3) is 3.88. The van der Waals surface area contributed by atoms with Crippen LogP contribution in [0.25, 0.3) is 0 Å². The van der Waals surface area contributed by atoms with Crippen molar-refractivity contribution in [2.24, 2.45) is 5.92 Å². The van der Waals surface area contributed by atoms with Gasteiger partial charge < -0.3 is 5.11 Å². The van der Waals surface area contributed by atoms with Gasteiger partial charge in [0.1, 0.15) is 0 Å². The monoisotopic (exact) mass is 351 g/mol. The molecule has 1 aliphatic heterocycles. The van der Waals surface area contributed by atoms with Crippen molar-refractivity contribution in [3.63, 3.8) is 0 Å². The maximum Gasteiger partial charge on any atom is 0.307 e. The fourth-order valence-electron chi connectivity index (χ4n) is 2.34. The normalized spacial score (nSPS) is 20.4. The Morgan fingerprint density at radius 2 is 1.95 bits per heavy atom. The summed E-state index contributed by atoms with van der Waals surface area (Å²) < 4.78 is 26.1. The highest BCUT2D eigenvalue weighted by Crippen LogP contribution is 2.28. The first-order chi connectivity index (χ1) is 9.81. The van der Waals surface area contributed by atoms with E-state index in [-0.39, 0.29) is 22.3 Å². The van der Waals surface area contributed by atoms with Crippen molar-refractivity contribution >= 4 is 39.2 Å². The Morgan fingerprint density at radius 3 is 2.52 bits per heavy atom. The molecule has 0 bridgehead atoms. The molecule has 0 spiro atoms. The van der Waals surface area contributed by atoms with Crippen LogP contribution >= 0.6 is 23.2 Å². The van der Waals surface area contributed by atoms with Gasteiger partial charge in [-0.25, -0.2) is 12.7 Å². The molecule has 116 valence electrons. The second kappa shape index (κ2) is 6.52. The summed E-state index contributed by atoms with van der Waals surface area (Å²) in [6, 6.07) is 4.80. The van der Waals surface area contributed by atoms with E-state index in [1.54, 1.807) is 18.2 Å². The molecule has 1 aliphatic rings. The molecule has 1 aromatic carbocycles. The van der Waals surface area contributed by atoms with Gasteiger partial charge in [-0.1, -0.05) is 29.3 Å². The summed E-state index contributed by atoms with van der Waals surface area (Å²) in [4.78, 5) is 11.0. The van der Waals surface area contributed by atoms with Gasteiger partial charge in [0.2, 0.25) is 10.0 Å². The summed E-state index contributed by atoms with van der Waals surface area (Å²) in [6.07, 6.45) is 1.03. The number of halogens is 2. The SMILES string of the molecule is O=C(O)[C@@H]1CCCN(S(=O)(=O)Cc2c(Cl)cccc2Cl)C1. The third-order valence-electron chi connectivity index (χ3n) is 3.52. The molecule has 0 unspecified atom stereocenters. The molecule has 8 heteroatoms. The van der Waals surface area contributed by atoms with E-state index in [1.165, 1.54) is 4.31 Å². The first-order valence-electron chi connectivity index (χ1n) is 6.45. The summed E-state index contributed by atoms with van der Waals surface area (Å²) in [5, 5.41) is 9.62. The molecule has 1 atom stereocenters. The highest BCUT2D eigenvalue weighted by molar-refractivity contribution is 7.88. The zero-order valence-corrected chi connectivity index (χ0v) is 13.5. The number of sulfonamides is 1. The number of carbonyl (C=O) groups is 1. The van der Waals surface area contributed by atoms with Crippen molar-refractivity contribution in [1.82, 2.24) is 4.31 Å². The molecule has 5 nitrogen and oxygen atoms in total. The van der Waals surface area contributed by atoms with Gasteiger partial charge in [0, 0.05) is 28.7 Å². The van der Waals surface area contributed by atoms with Crippen LogP contribution in [0.2, 0.25) is 10.0 Å².